The van der Waals surface area contributed by atoms with Crippen molar-refractivity contribution in [2.75, 3.05) is 25.7 Å². The second-order valence-electron chi connectivity index (χ2n) is 8.18. The van der Waals surface area contributed by atoms with Crippen LogP contribution >= 0.6 is 0 Å². The van der Waals surface area contributed by atoms with E-state index >= 15 is 0 Å². The average molecular weight is 444 g/mol. The topological polar surface area (TPSA) is 79.3 Å². The molecule has 0 radical (unpaired) electrons. The fraction of sp³-hybridized carbons (Fsp3) is 0.231. The molecule has 3 aromatic rings. The van der Waals surface area contributed by atoms with Crippen LogP contribution in [0.3, 0.4) is 0 Å². The number of nitrogens with zero attached hydrogens (tertiary/aromatic N) is 2. The van der Waals surface area contributed by atoms with Crippen LogP contribution in [0.1, 0.15) is 16.7 Å². The van der Waals surface area contributed by atoms with Crippen LogP contribution in [0, 0.1) is 0 Å². The summed E-state index contributed by atoms with van der Waals surface area (Å²) in [6, 6.07) is 22.3. The van der Waals surface area contributed by atoms with Gasteiger partial charge in [-0.1, -0.05) is 48.5 Å². The zero-order valence-electron chi connectivity index (χ0n) is 18.4. The van der Waals surface area contributed by atoms with E-state index in [1.807, 2.05) is 66.7 Å². The molecule has 33 heavy (non-hydrogen) atoms. The van der Waals surface area contributed by atoms with Crippen LogP contribution in [0.5, 0.6) is 11.5 Å². The van der Waals surface area contributed by atoms with Crippen LogP contribution in [0.2, 0.25) is 0 Å². The lowest BCUT2D eigenvalue weighted by atomic mass is 9.70. The van der Waals surface area contributed by atoms with Crippen molar-refractivity contribution < 1.29 is 24.2 Å². The second kappa shape index (κ2) is 7.94. The molecule has 0 bridgehead atoms. The van der Waals surface area contributed by atoms with Gasteiger partial charge in [0.1, 0.15) is 23.6 Å². The predicted molar refractivity (Wildman–Crippen MR) is 122 cm³/mol. The van der Waals surface area contributed by atoms with Crippen molar-refractivity contribution in [3.05, 3.63) is 89.5 Å². The summed E-state index contributed by atoms with van der Waals surface area (Å²) in [5.74, 6) is 0.555. The average Bonchev–Trinajstić information content (AvgIpc) is 2.96. The van der Waals surface area contributed by atoms with E-state index in [-0.39, 0.29) is 19.0 Å². The number of anilines is 1. The maximum atomic E-state index is 13.5. The molecule has 0 saturated carbocycles. The summed E-state index contributed by atoms with van der Waals surface area (Å²) in [5, 5.41) is 11.0. The van der Waals surface area contributed by atoms with Crippen molar-refractivity contribution in [1.82, 2.24) is 4.90 Å². The number of fused-ring (bicyclic) bond motifs is 3. The normalized spacial score (nSPS) is 21.6. The first-order valence-corrected chi connectivity index (χ1v) is 10.7. The molecule has 2 aliphatic heterocycles. The molecule has 0 spiro atoms. The quantitative estimate of drug-likeness (QED) is 0.613. The minimum absolute atomic E-state index is 0.138. The SMILES string of the molecule is COc1cc(CN2C(=O)CN3C(=O)[C@@H](O)[C@@]3(c3ccccc3)c3ccccc32)cc(OC)c1. The summed E-state index contributed by atoms with van der Waals surface area (Å²) in [4.78, 5) is 29.4. The first kappa shape index (κ1) is 21.0. The lowest BCUT2D eigenvalue weighted by molar-refractivity contribution is -0.181. The number of carbonyl (C=O) groups is 2. The third kappa shape index (κ3) is 3.08. The Balaban J connectivity index is 1.67. The van der Waals surface area contributed by atoms with Crippen LogP contribution in [0.15, 0.2) is 72.8 Å². The molecule has 1 fully saturated rings. The summed E-state index contributed by atoms with van der Waals surface area (Å²) in [6.45, 7) is 0.118. The van der Waals surface area contributed by atoms with E-state index < -0.39 is 17.6 Å². The highest BCUT2D eigenvalue weighted by atomic mass is 16.5. The van der Waals surface area contributed by atoms with Crippen molar-refractivity contribution >= 4 is 17.5 Å². The molecule has 1 saturated heterocycles. The zero-order chi connectivity index (χ0) is 23.2. The Morgan fingerprint density at radius 3 is 2.24 bits per heavy atom. The smallest absolute Gasteiger partial charge is 0.256 e. The lowest BCUT2D eigenvalue weighted by Gasteiger charge is -2.54. The number of benzene rings is 3. The molecule has 168 valence electrons. The third-order valence-corrected chi connectivity index (χ3v) is 6.49. The number of carbonyl (C=O) groups excluding carboxylic acids is 2. The highest BCUT2D eigenvalue weighted by molar-refractivity contribution is 6.04. The van der Waals surface area contributed by atoms with Crippen LogP contribution in [0.25, 0.3) is 0 Å². The van der Waals surface area contributed by atoms with Crippen LogP contribution in [0.4, 0.5) is 5.69 Å². The molecule has 5 rings (SSSR count). The fourth-order valence-electron chi connectivity index (χ4n) is 4.94. The minimum atomic E-state index is -1.27. The summed E-state index contributed by atoms with van der Waals surface area (Å²) in [7, 11) is 3.15. The highest BCUT2D eigenvalue weighted by Gasteiger charge is 2.64. The van der Waals surface area contributed by atoms with E-state index in [0.29, 0.717) is 22.7 Å². The molecule has 7 nitrogen and oxygen atoms in total. The molecule has 2 atom stereocenters. The first-order valence-electron chi connectivity index (χ1n) is 10.7. The molecule has 0 unspecified atom stereocenters. The van der Waals surface area contributed by atoms with Gasteiger partial charge in [0.15, 0.2) is 6.10 Å². The molecule has 2 aliphatic rings. The molecule has 3 aromatic carbocycles. The van der Waals surface area contributed by atoms with Gasteiger partial charge in [-0.25, -0.2) is 0 Å². The van der Waals surface area contributed by atoms with Crippen molar-refractivity contribution in [1.29, 1.82) is 0 Å². The predicted octanol–water partition coefficient (Wildman–Crippen LogP) is 2.70. The third-order valence-electron chi connectivity index (χ3n) is 6.49. The number of aliphatic hydroxyl groups is 1. The van der Waals surface area contributed by atoms with E-state index in [1.165, 1.54) is 4.90 Å². The van der Waals surface area contributed by atoms with Gasteiger partial charge in [0.05, 0.1) is 26.5 Å². The zero-order valence-corrected chi connectivity index (χ0v) is 18.4. The molecular formula is C26H24N2O5. The summed E-state index contributed by atoms with van der Waals surface area (Å²) >= 11 is 0. The van der Waals surface area contributed by atoms with E-state index in [1.54, 1.807) is 25.2 Å². The molecule has 0 aromatic heterocycles. The number of β-lactam (4-membered cyclic amide) rings is 1. The largest absolute Gasteiger partial charge is 0.497 e. The van der Waals surface area contributed by atoms with E-state index in [9.17, 15) is 14.7 Å². The van der Waals surface area contributed by atoms with Crippen LogP contribution in [-0.4, -0.2) is 48.7 Å². The maximum Gasteiger partial charge on any atom is 0.256 e. The molecular weight excluding hydrogens is 420 g/mol. The molecule has 2 amide bonds. The van der Waals surface area contributed by atoms with Crippen molar-refractivity contribution in [2.24, 2.45) is 0 Å². The Bertz CT molecular complexity index is 1210. The molecule has 1 N–H and O–H groups in total. The number of hydrogen-bond donors (Lipinski definition) is 1. The first-order chi connectivity index (χ1) is 16.0. The molecule has 0 aliphatic carbocycles. The highest BCUT2D eigenvalue weighted by Crippen LogP contribution is 2.51. The van der Waals surface area contributed by atoms with E-state index in [0.717, 1.165) is 11.1 Å². The van der Waals surface area contributed by atoms with Gasteiger partial charge in [0.25, 0.3) is 5.91 Å². The van der Waals surface area contributed by atoms with Crippen LogP contribution in [-0.2, 0) is 21.7 Å². The Morgan fingerprint density at radius 1 is 0.939 bits per heavy atom. The standard InChI is InChI=1S/C26H24N2O5/c1-32-19-12-17(13-20(14-19)33-2)15-27-22-11-7-6-10-21(22)26(18-8-4-3-5-9-18)24(30)25(31)28(26)16-23(27)29/h3-14,24,30H,15-16H2,1-2H3/t24-,26-/m1/s1. The number of hydrogen-bond acceptors (Lipinski definition) is 5. The monoisotopic (exact) mass is 444 g/mol. The van der Waals surface area contributed by atoms with Gasteiger partial charge in [-0.15, -0.1) is 0 Å². The van der Waals surface area contributed by atoms with Gasteiger partial charge < -0.3 is 24.4 Å². The van der Waals surface area contributed by atoms with Crippen molar-refractivity contribution in [2.45, 2.75) is 18.2 Å². The second-order valence-corrected chi connectivity index (χ2v) is 8.18. The minimum Gasteiger partial charge on any atom is -0.497 e. The number of rotatable bonds is 5. The van der Waals surface area contributed by atoms with Crippen molar-refractivity contribution in [3.8, 4) is 11.5 Å². The number of amides is 2. The Kier molecular flexibility index (Phi) is 5.06. The van der Waals surface area contributed by atoms with Gasteiger partial charge in [0.2, 0.25) is 5.91 Å². The summed E-state index contributed by atoms with van der Waals surface area (Å²) in [6.07, 6.45) is -1.27. The Hall–Kier alpha value is -3.84. The van der Waals surface area contributed by atoms with E-state index in [4.69, 9.17) is 9.47 Å². The number of para-hydroxylation sites is 1. The van der Waals surface area contributed by atoms with Gasteiger partial charge in [-0.2, -0.15) is 0 Å². The molecule has 2 heterocycles. The number of ether oxygens (including phenoxy) is 2. The Morgan fingerprint density at radius 2 is 1.58 bits per heavy atom. The fourth-order valence-corrected chi connectivity index (χ4v) is 4.94. The Labute approximate surface area is 191 Å². The van der Waals surface area contributed by atoms with Gasteiger partial charge in [0, 0.05) is 11.6 Å². The summed E-state index contributed by atoms with van der Waals surface area (Å²) in [5.41, 5.74) is 1.83. The van der Waals surface area contributed by atoms with Gasteiger partial charge in [-0.3, -0.25) is 9.59 Å². The van der Waals surface area contributed by atoms with E-state index in [2.05, 4.69) is 0 Å². The van der Waals surface area contributed by atoms with Gasteiger partial charge >= 0.3 is 0 Å². The van der Waals surface area contributed by atoms with Crippen molar-refractivity contribution in [3.63, 3.8) is 0 Å². The number of aliphatic hydroxyl groups excluding tert-OH is 1. The lowest BCUT2D eigenvalue weighted by Crippen LogP contribution is -2.72. The molecule has 7 heteroatoms. The summed E-state index contributed by atoms with van der Waals surface area (Å²) < 4.78 is 10.8. The number of methoxy groups -OCH3 is 2. The van der Waals surface area contributed by atoms with Crippen LogP contribution < -0.4 is 14.4 Å². The maximum absolute atomic E-state index is 13.5. The van der Waals surface area contributed by atoms with Gasteiger partial charge in [-0.05, 0) is 29.3 Å².